The molecular weight excluding hydrogens is 438 g/mol. The van der Waals surface area contributed by atoms with Crippen molar-refractivity contribution in [3.05, 3.63) is 28.1 Å². The molecule has 0 aliphatic heterocycles. The lowest BCUT2D eigenvalue weighted by molar-refractivity contribution is 0.310. The number of hydrogen-bond acceptors (Lipinski definition) is 9. The van der Waals surface area contributed by atoms with Gasteiger partial charge in [0.2, 0.25) is 21.7 Å². The first-order valence-electron chi connectivity index (χ1n) is 8.67. The smallest absolute Gasteiger partial charge is 0.247 e. The molecule has 29 heavy (non-hydrogen) atoms. The van der Waals surface area contributed by atoms with E-state index in [2.05, 4.69) is 34.8 Å². The molecule has 0 unspecified atom stereocenters. The number of phenols is 1. The van der Waals surface area contributed by atoms with E-state index in [4.69, 9.17) is 16.2 Å². The number of nitrogens with one attached hydrogen (secondary N) is 2. The summed E-state index contributed by atoms with van der Waals surface area (Å²) >= 11 is 7.74. The number of thioether (sulfide) groups is 1. The predicted molar refractivity (Wildman–Crippen MR) is 117 cm³/mol. The molecule has 12 heteroatoms. The first-order chi connectivity index (χ1) is 13.6. The van der Waals surface area contributed by atoms with Crippen LogP contribution in [0.1, 0.15) is 20.8 Å². The van der Waals surface area contributed by atoms with Gasteiger partial charge in [0.25, 0.3) is 0 Å². The molecule has 1 aromatic heterocycles. The van der Waals surface area contributed by atoms with Crippen molar-refractivity contribution >= 4 is 50.7 Å². The van der Waals surface area contributed by atoms with E-state index in [0.29, 0.717) is 17.6 Å². The van der Waals surface area contributed by atoms with Crippen molar-refractivity contribution in [1.82, 2.24) is 14.6 Å². The standard InChI is InChI=1S/C17H24ClN5O4S2/c1-6-11(28-10(2)3)9-19-16-17(22-27-21-16)20-13-8-7-12(18)15(14(13)24)29(25,26)23(4)5/h6-8,10,24H,9H2,1-5H3,(H,19,21)(H,20,22)/b11-6-. The minimum atomic E-state index is -3.96. The average Bonchev–Trinajstić information content (AvgIpc) is 3.07. The van der Waals surface area contributed by atoms with Crippen molar-refractivity contribution in [3.63, 3.8) is 0 Å². The highest BCUT2D eigenvalue weighted by molar-refractivity contribution is 8.03. The van der Waals surface area contributed by atoms with Crippen LogP contribution < -0.4 is 10.6 Å². The summed E-state index contributed by atoms with van der Waals surface area (Å²) in [4.78, 5) is 0.715. The third-order valence-electron chi connectivity index (χ3n) is 3.70. The second-order valence-electron chi connectivity index (χ2n) is 6.42. The summed E-state index contributed by atoms with van der Waals surface area (Å²) in [5.74, 6) is -0.00875. The van der Waals surface area contributed by atoms with Crippen LogP contribution in [-0.2, 0) is 10.0 Å². The van der Waals surface area contributed by atoms with Gasteiger partial charge in [-0.25, -0.2) is 17.4 Å². The van der Waals surface area contributed by atoms with E-state index in [0.717, 1.165) is 9.21 Å². The summed E-state index contributed by atoms with van der Waals surface area (Å²) in [6.07, 6.45) is 2.00. The Morgan fingerprint density at radius 3 is 2.59 bits per heavy atom. The lowest BCUT2D eigenvalue weighted by Crippen LogP contribution is -2.22. The molecule has 0 atom stereocenters. The van der Waals surface area contributed by atoms with Crippen LogP contribution >= 0.6 is 23.4 Å². The number of nitrogens with zero attached hydrogens (tertiary/aromatic N) is 3. The summed E-state index contributed by atoms with van der Waals surface area (Å²) in [6, 6.07) is 2.81. The molecule has 0 radical (unpaired) electrons. The number of hydrogen-bond donors (Lipinski definition) is 3. The Morgan fingerprint density at radius 2 is 2.00 bits per heavy atom. The zero-order chi connectivity index (χ0) is 21.8. The quantitative estimate of drug-likeness (QED) is 0.477. The molecule has 0 fully saturated rings. The molecule has 2 rings (SSSR count). The van der Waals surface area contributed by atoms with E-state index in [1.807, 2.05) is 13.0 Å². The van der Waals surface area contributed by atoms with Gasteiger partial charge in [0.05, 0.1) is 10.7 Å². The molecule has 3 N–H and O–H groups in total. The highest BCUT2D eigenvalue weighted by Gasteiger charge is 2.27. The Labute approximate surface area is 179 Å². The van der Waals surface area contributed by atoms with Gasteiger partial charge in [-0.1, -0.05) is 31.5 Å². The van der Waals surface area contributed by atoms with Gasteiger partial charge in [-0.15, -0.1) is 11.8 Å². The molecule has 0 amide bonds. The van der Waals surface area contributed by atoms with Crippen LogP contribution in [0.15, 0.2) is 32.6 Å². The average molecular weight is 462 g/mol. The fraction of sp³-hybridized carbons (Fsp3) is 0.412. The van der Waals surface area contributed by atoms with Gasteiger partial charge in [0.1, 0.15) is 4.90 Å². The number of phenolic OH excluding ortho intramolecular Hbond substituents is 1. The summed E-state index contributed by atoms with van der Waals surface area (Å²) in [5, 5.41) is 24.4. The predicted octanol–water partition coefficient (Wildman–Crippen LogP) is 3.88. The molecule has 1 aromatic carbocycles. The number of aromatic nitrogens is 2. The lowest BCUT2D eigenvalue weighted by atomic mass is 10.3. The fourth-order valence-corrected chi connectivity index (χ4v) is 4.65. The van der Waals surface area contributed by atoms with Gasteiger partial charge >= 0.3 is 0 Å². The monoisotopic (exact) mass is 461 g/mol. The lowest BCUT2D eigenvalue weighted by Gasteiger charge is -2.16. The molecule has 0 aliphatic carbocycles. The Morgan fingerprint density at radius 1 is 1.34 bits per heavy atom. The SMILES string of the molecule is C/C=C(/CNc1nonc1Nc1ccc(Cl)c(S(=O)(=O)N(C)C)c1O)SC(C)C. The third-order valence-corrected chi connectivity index (χ3v) is 7.17. The summed E-state index contributed by atoms with van der Waals surface area (Å²) in [7, 11) is -1.26. The van der Waals surface area contributed by atoms with Crippen LogP contribution in [-0.4, -0.2) is 54.0 Å². The number of rotatable bonds is 9. The number of sulfonamides is 1. The maximum Gasteiger partial charge on any atom is 0.247 e. The highest BCUT2D eigenvalue weighted by Crippen LogP contribution is 2.39. The second kappa shape index (κ2) is 9.70. The molecule has 2 aromatic rings. The van der Waals surface area contributed by atoms with Crippen LogP contribution in [0.3, 0.4) is 0 Å². The molecule has 0 saturated carbocycles. The van der Waals surface area contributed by atoms with Gasteiger partial charge in [0, 0.05) is 25.9 Å². The van der Waals surface area contributed by atoms with Gasteiger partial charge < -0.3 is 15.7 Å². The molecule has 1 heterocycles. The minimum Gasteiger partial charge on any atom is -0.504 e. The Balaban J connectivity index is 2.28. The summed E-state index contributed by atoms with van der Waals surface area (Å²) < 4.78 is 30.7. The normalized spacial score (nSPS) is 12.6. The zero-order valence-corrected chi connectivity index (χ0v) is 19.1. The Kier molecular flexibility index (Phi) is 7.80. The van der Waals surface area contributed by atoms with E-state index >= 15 is 0 Å². The van der Waals surface area contributed by atoms with E-state index in [-0.39, 0.29) is 16.5 Å². The molecule has 0 bridgehead atoms. The van der Waals surface area contributed by atoms with Crippen LogP contribution in [0.25, 0.3) is 0 Å². The van der Waals surface area contributed by atoms with Crippen LogP contribution in [0.5, 0.6) is 5.75 Å². The van der Waals surface area contributed by atoms with E-state index in [1.54, 1.807) is 11.8 Å². The molecule has 0 spiro atoms. The number of benzene rings is 1. The number of halogens is 1. The molecule has 0 saturated heterocycles. The fourth-order valence-electron chi connectivity index (χ4n) is 2.27. The summed E-state index contributed by atoms with van der Waals surface area (Å²) in [6.45, 7) is 6.66. The van der Waals surface area contributed by atoms with Crippen LogP contribution in [0, 0.1) is 0 Å². The molecular formula is C17H24ClN5O4S2. The van der Waals surface area contributed by atoms with Crippen LogP contribution in [0.4, 0.5) is 17.3 Å². The maximum absolute atomic E-state index is 12.5. The first-order valence-corrected chi connectivity index (χ1v) is 11.4. The molecule has 160 valence electrons. The van der Waals surface area contributed by atoms with Gasteiger partial charge in [0.15, 0.2) is 5.75 Å². The van der Waals surface area contributed by atoms with Gasteiger partial charge in [-0.3, -0.25) is 0 Å². The Bertz CT molecular complexity index is 990. The van der Waals surface area contributed by atoms with E-state index in [1.165, 1.54) is 26.2 Å². The topological polar surface area (TPSA) is 121 Å². The maximum atomic E-state index is 12.5. The summed E-state index contributed by atoms with van der Waals surface area (Å²) in [5.41, 5.74) is 0.0939. The number of allylic oxidation sites excluding steroid dienone is 1. The second-order valence-corrected chi connectivity index (χ2v) is 10.6. The minimum absolute atomic E-state index is 0.0939. The van der Waals surface area contributed by atoms with E-state index in [9.17, 15) is 13.5 Å². The number of aromatic hydroxyl groups is 1. The van der Waals surface area contributed by atoms with E-state index < -0.39 is 20.7 Å². The van der Waals surface area contributed by atoms with Crippen molar-refractivity contribution in [2.75, 3.05) is 31.3 Å². The van der Waals surface area contributed by atoms with Gasteiger partial charge in [-0.05, 0) is 34.3 Å². The van der Waals surface area contributed by atoms with Crippen molar-refractivity contribution in [1.29, 1.82) is 0 Å². The van der Waals surface area contributed by atoms with Crippen molar-refractivity contribution in [2.45, 2.75) is 30.9 Å². The highest BCUT2D eigenvalue weighted by atomic mass is 35.5. The van der Waals surface area contributed by atoms with Crippen LogP contribution in [0.2, 0.25) is 5.02 Å². The van der Waals surface area contributed by atoms with Crippen molar-refractivity contribution in [3.8, 4) is 5.75 Å². The van der Waals surface area contributed by atoms with Crippen molar-refractivity contribution < 1.29 is 18.2 Å². The third kappa shape index (κ3) is 5.56. The largest absolute Gasteiger partial charge is 0.504 e. The Hall–Kier alpha value is -1.95. The van der Waals surface area contributed by atoms with Gasteiger partial charge in [-0.2, -0.15) is 0 Å². The molecule has 0 aliphatic rings. The first kappa shape index (κ1) is 23.3. The molecule has 9 nitrogen and oxygen atoms in total. The number of anilines is 3. The van der Waals surface area contributed by atoms with Crippen molar-refractivity contribution in [2.24, 2.45) is 0 Å². The zero-order valence-electron chi connectivity index (χ0n) is 16.7.